The molecule has 1 unspecified atom stereocenters. The van der Waals surface area contributed by atoms with Gasteiger partial charge in [-0.15, -0.1) is 0 Å². The van der Waals surface area contributed by atoms with E-state index in [0.29, 0.717) is 11.6 Å². The van der Waals surface area contributed by atoms with Gasteiger partial charge in [0.25, 0.3) is 0 Å². The van der Waals surface area contributed by atoms with Crippen molar-refractivity contribution in [3.05, 3.63) is 10.1 Å². The van der Waals surface area contributed by atoms with E-state index < -0.39 is 14.8 Å². The van der Waals surface area contributed by atoms with Gasteiger partial charge in [0.15, 0.2) is 15.0 Å². The molecule has 0 bridgehead atoms. The Morgan fingerprint density at radius 2 is 2.00 bits per heavy atom. The van der Waals surface area contributed by atoms with Crippen LogP contribution in [0.2, 0.25) is 0 Å². The number of sulfone groups is 1. The summed E-state index contributed by atoms with van der Waals surface area (Å²) in [6, 6.07) is 0. The highest BCUT2D eigenvalue weighted by molar-refractivity contribution is 7.98. The maximum absolute atomic E-state index is 11.6. The molecule has 24 heavy (non-hydrogen) atoms. The third kappa shape index (κ3) is 4.26. The number of rotatable bonds is 6. The lowest BCUT2D eigenvalue weighted by Gasteiger charge is -2.27. The molecule has 0 amide bonds. The molecule has 2 rings (SSSR count). The van der Waals surface area contributed by atoms with Crippen molar-refractivity contribution in [2.24, 2.45) is 0 Å². The van der Waals surface area contributed by atoms with E-state index in [2.05, 4.69) is 9.97 Å². The molecule has 0 saturated carbocycles. The number of hydrogen-bond donors (Lipinski definition) is 0. The highest BCUT2D eigenvalue weighted by Gasteiger charge is 2.33. The lowest BCUT2D eigenvalue weighted by atomic mass is 10.3. The van der Waals surface area contributed by atoms with Crippen LogP contribution >= 0.6 is 11.8 Å². The van der Waals surface area contributed by atoms with Gasteiger partial charge in [-0.3, -0.25) is 10.1 Å². The van der Waals surface area contributed by atoms with Gasteiger partial charge in [-0.25, -0.2) is 8.42 Å². The second kappa shape index (κ2) is 7.51. The molecule has 2 heterocycles. The first kappa shape index (κ1) is 18.7. The highest BCUT2D eigenvalue weighted by Crippen LogP contribution is 2.37. The Morgan fingerprint density at radius 1 is 1.38 bits per heavy atom. The quantitative estimate of drug-likeness (QED) is 0.315. The molecule has 0 N–H and O–H groups in total. The Kier molecular flexibility index (Phi) is 5.86. The number of thioether (sulfide) groups is 1. The molecule has 0 spiro atoms. The minimum atomic E-state index is -3.10. The summed E-state index contributed by atoms with van der Waals surface area (Å²) in [4.78, 5) is 21.0. The number of hydrogen-bond acceptors (Lipinski definition) is 9. The van der Waals surface area contributed by atoms with Crippen molar-refractivity contribution in [3.8, 4) is 5.88 Å². The zero-order valence-corrected chi connectivity index (χ0v) is 15.4. The monoisotopic (exact) mass is 376 g/mol. The van der Waals surface area contributed by atoms with Crippen molar-refractivity contribution in [2.45, 2.75) is 31.5 Å². The average molecular weight is 376 g/mol. The zero-order chi connectivity index (χ0) is 17.9. The van der Waals surface area contributed by atoms with Crippen LogP contribution in [-0.2, 0) is 9.84 Å². The second-order valence-corrected chi connectivity index (χ2v) is 8.50. The second-order valence-electron chi connectivity index (χ2n) is 5.42. The normalized spacial score (nSPS) is 18.2. The highest BCUT2D eigenvalue weighted by atomic mass is 32.2. The first-order valence-electron chi connectivity index (χ1n) is 7.49. The van der Waals surface area contributed by atoms with E-state index in [1.54, 1.807) is 18.1 Å². The molecular weight excluding hydrogens is 356 g/mol. The summed E-state index contributed by atoms with van der Waals surface area (Å²) in [7, 11) is -3.10. The molecule has 9 nitrogen and oxygen atoms in total. The van der Waals surface area contributed by atoms with Crippen LogP contribution in [0.1, 0.15) is 20.3 Å². The molecule has 0 aliphatic carbocycles. The predicted molar refractivity (Wildman–Crippen MR) is 91.7 cm³/mol. The topological polar surface area (TPSA) is 116 Å². The Hall–Kier alpha value is -1.62. The average Bonchev–Trinajstić information content (AvgIpc) is 2.53. The van der Waals surface area contributed by atoms with Crippen molar-refractivity contribution < 1.29 is 18.1 Å². The molecule has 11 heteroatoms. The van der Waals surface area contributed by atoms with Crippen LogP contribution in [0.15, 0.2) is 5.16 Å². The van der Waals surface area contributed by atoms with Crippen LogP contribution < -0.4 is 9.64 Å². The number of aromatic nitrogens is 2. The SMILES string of the molecule is CCC(C)Oc1nc(SC)nc(N2CCS(=O)(=O)CC2)c1[N+](=O)[O-]. The van der Waals surface area contributed by atoms with E-state index >= 15 is 0 Å². The summed E-state index contributed by atoms with van der Waals surface area (Å²) in [5.74, 6) is -0.0566. The lowest BCUT2D eigenvalue weighted by Crippen LogP contribution is -2.41. The fourth-order valence-corrected chi connectivity index (χ4v) is 3.71. The van der Waals surface area contributed by atoms with Gasteiger partial charge in [-0.2, -0.15) is 9.97 Å². The number of ether oxygens (including phenoxy) is 1. The zero-order valence-electron chi connectivity index (χ0n) is 13.8. The molecule has 134 valence electrons. The van der Waals surface area contributed by atoms with Crippen molar-refractivity contribution in [1.29, 1.82) is 0 Å². The standard InChI is InChI=1S/C13H20N4O5S2/c1-4-9(2)22-12-10(17(18)19)11(14-13(15-12)23-3)16-5-7-24(20,21)8-6-16/h9H,4-8H2,1-3H3. The van der Waals surface area contributed by atoms with Gasteiger partial charge < -0.3 is 9.64 Å². The Labute approximate surface area is 144 Å². The fraction of sp³-hybridized carbons (Fsp3) is 0.692. The Bertz CT molecular complexity index is 711. The number of nitrogens with zero attached hydrogens (tertiary/aromatic N) is 4. The fourth-order valence-electron chi connectivity index (χ4n) is 2.16. The van der Waals surface area contributed by atoms with E-state index in [1.807, 2.05) is 6.92 Å². The summed E-state index contributed by atoms with van der Waals surface area (Å²) >= 11 is 1.25. The molecule has 1 atom stereocenters. The van der Waals surface area contributed by atoms with Crippen molar-refractivity contribution in [2.75, 3.05) is 35.8 Å². The summed E-state index contributed by atoms with van der Waals surface area (Å²) in [5, 5.41) is 11.9. The predicted octanol–water partition coefficient (Wildman–Crippen LogP) is 1.52. The van der Waals surface area contributed by atoms with Crippen LogP contribution in [0, 0.1) is 10.1 Å². The lowest BCUT2D eigenvalue weighted by molar-refractivity contribution is -0.385. The summed E-state index contributed by atoms with van der Waals surface area (Å²) in [5.41, 5.74) is -0.313. The number of anilines is 1. The maximum Gasteiger partial charge on any atom is 0.373 e. The molecule has 1 aliphatic heterocycles. The molecule has 0 radical (unpaired) electrons. The first-order chi connectivity index (χ1) is 11.3. The third-order valence-corrected chi connectivity index (χ3v) is 5.87. The largest absolute Gasteiger partial charge is 0.470 e. The van der Waals surface area contributed by atoms with E-state index in [0.717, 1.165) is 0 Å². The van der Waals surface area contributed by atoms with Gasteiger partial charge in [0.05, 0.1) is 22.5 Å². The minimum absolute atomic E-state index is 0.0513. The Balaban J connectivity index is 2.48. The van der Waals surface area contributed by atoms with Crippen molar-refractivity contribution in [3.63, 3.8) is 0 Å². The molecule has 1 saturated heterocycles. The van der Waals surface area contributed by atoms with Gasteiger partial charge in [0.2, 0.25) is 5.82 Å². The van der Waals surface area contributed by atoms with Gasteiger partial charge in [-0.1, -0.05) is 18.7 Å². The van der Waals surface area contributed by atoms with Gasteiger partial charge in [0.1, 0.15) is 0 Å². The van der Waals surface area contributed by atoms with Gasteiger partial charge in [-0.05, 0) is 19.6 Å². The molecule has 1 aromatic rings. The summed E-state index contributed by atoms with van der Waals surface area (Å²) < 4.78 is 28.8. The summed E-state index contributed by atoms with van der Waals surface area (Å²) in [6.07, 6.45) is 2.20. The third-order valence-electron chi connectivity index (χ3n) is 3.71. The molecule has 0 aromatic carbocycles. The molecule has 1 aliphatic rings. The Morgan fingerprint density at radius 3 is 2.50 bits per heavy atom. The number of nitro groups is 1. The molecular formula is C13H20N4O5S2. The summed E-state index contributed by atoms with van der Waals surface area (Å²) in [6.45, 7) is 4.04. The van der Waals surface area contributed by atoms with E-state index in [9.17, 15) is 18.5 Å². The molecule has 1 aromatic heterocycles. The van der Waals surface area contributed by atoms with E-state index in [1.165, 1.54) is 11.8 Å². The van der Waals surface area contributed by atoms with Gasteiger partial charge >= 0.3 is 11.6 Å². The van der Waals surface area contributed by atoms with E-state index in [-0.39, 0.29) is 48.1 Å². The van der Waals surface area contributed by atoms with Gasteiger partial charge in [0, 0.05) is 13.1 Å². The smallest absolute Gasteiger partial charge is 0.373 e. The van der Waals surface area contributed by atoms with Crippen LogP contribution in [0.25, 0.3) is 0 Å². The van der Waals surface area contributed by atoms with Crippen LogP contribution in [0.4, 0.5) is 11.5 Å². The van der Waals surface area contributed by atoms with Crippen molar-refractivity contribution in [1.82, 2.24) is 9.97 Å². The van der Waals surface area contributed by atoms with Crippen LogP contribution in [-0.4, -0.2) is 60.3 Å². The van der Waals surface area contributed by atoms with Crippen LogP contribution in [0.5, 0.6) is 5.88 Å². The molecule has 1 fully saturated rings. The van der Waals surface area contributed by atoms with E-state index in [4.69, 9.17) is 4.74 Å². The maximum atomic E-state index is 11.6. The minimum Gasteiger partial charge on any atom is -0.470 e. The first-order valence-corrected chi connectivity index (χ1v) is 10.5. The van der Waals surface area contributed by atoms with Crippen LogP contribution in [0.3, 0.4) is 0 Å². The van der Waals surface area contributed by atoms with Crippen molar-refractivity contribution >= 4 is 33.1 Å².